The first-order valence-electron chi connectivity index (χ1n) is 9.89. The lowest BCUT2D eigenvalue weighted by Crippen LogP contribution is -2.37. The van der Waals surface area contributed by atoms with E-state index in [1.807, 2.05) is 24.3 Å². The Morgan fingerprint density at radius 3 is 2.54 bits per heavy atom. The van der Waals surface area contributed by atoms with Crippen LogP contribution in [0.3, 0.4) is 0 Å². The van der Waals surface area contributed by atoms with Crippen LogP contribution in [0.5, 0.6) is 5.75 Å². The predicted octanol–water partition coefficient (Wildman–Crippen LogP) is 3.06. The van der Waals surface area contributed by atoms with Gasteiger partial charge in [-0.05, 0) is 31.0 Å². The van der Waals surface area contributed by atoms with Crippen LogP contribution in [0.25, 0.3) is 22.3 Å². The van der Waals surface area contributed by atoms with Crippen molar-refractivity contribution in [3.8, 4) is 17.0 Å². The molecule has 146 valence electrons. The summed E-state index contributed by atoms with van der Waals surface area (Å²) >= 11 is 0. The molecule has 28 heavy (non-hydrogen) atoms. The Labute approximate surface area is 163 Å². The number of morpholine rings is 1. The van der Waals surface area contributed by atoms with E-state index >= 15 is 0 Å². The number of H-pyrrole nitrogens is 1. The highest BCUT2D eigenvalue weighted by molar-refractivity contribution is 5.95. The van der Waals surface area contributed by atoms with Crippen molar-refractivity contribution >= 4 is 16.7 Å². The molecule has 1 aromatic carbocycles. The zero-order valence-electron chi connectivity index (χ0n) is 15.7. The summed E-state index contributed by atoms with van der Waals surface area (Å²) in [7, 11) is 0. The molecule has 0 saturated carbocycles. The number of phenols is 1. The van der Waals surface area contributed by atoms with Crippen molar-refractivity contribution in [1.82, 2.24) is 15.2 Å². The molecule has 0 bridgehead atoms. The number of hydrogen-bond donors (Lipinski definition) is 2. The number of rotatable bonds is 3. The molecule has 3 aromatic rings. The third-order valence-electron chi connectivity index (χ3n) is 5.69. The molecule has 7 heteroatoms. The Hall–Kier alpha value is -2.64. The Kier molecular flexibility index (Phi) is 4.62. The maximum Gasteiger partial charge on any atom is 0.162 e. The number of phenolic OH excluding ortho intramolecular Hbond substituents is 1. The average Bonchev–Trinajstić information content (AvgIpc) is 3.14. The molecular formula is C21H24N4O3. The molecule has 0 spiro atoms. The summed E-state index contributed by atoms with van der Waals surface area (Å²) in [5, 5.41) is 20.1. The van der Waals surface area contributed by atoms with Crippen molar-refractivity contribution in [2.75, 3.05) is 44.4 Å². The summed E-state index contributed by atoms with van der Waals surface area (Å²) in [5.74, 6) is 0.638. The standard InChI is InChI=1S/C21H24N4O3/c26-18-4-2-1-3-15(18)17-13-16-20(25-7-11-28-12-8-25)19(22-21(16)24-23-17)14-5-9-27-10-6-14/h1-4,13-14,26H,5-12H2,(H,22,24). The Morgan fingerprint density at radius 2 is 1.75 bits per heavy atom. The Bertz CT molecular complexity index is 975. The molecule has 7 nitrogen and oxygen atoms in total. The van der Waals surface area contributed by atoms with Gasteiger partial charge in [0.15, 0.2) is 5.65 Å². The lowest BCUT2D eigenvalue weighted by Gasteiger charge is -2.31. The number of benzene rings is 1. The van der Waals surface area contributed by atoms with Gasteiger partial charge in [0.1, 0.15) is 5.75 Å². The molecule has 5 rings (SSSR count). The van der Waals surface area contributed by atoms with Gasteiger partial charge in [-0.3, -0.25) is 0 Å². The van der Waals surface area contributed by atoms with Gasteiger partial charge in [0.05, 0.1) is 24.6 Å². The van der Waals surface area contributed by atoms with Crippen LogP contribution in [0.15, 0.2) is 30.3 Å². The molecule has 2 aliphatic heterocycles. The van der Waals surface area contributed by atoms with Crippen molar-refractivity contribution in [2.45, 2.75) is 18.8 Å². The fraction of sp³-hybridized carbons (Fsp3) is 0.429. The normalized spacial score (nSPS) is 18.6. The smallest absolute Gasteiger partial charge is 0.162 e. The van der Waals surface area contributed by atoms with Gasteiger partial charge in [-0.1, -0.05) is 12.1 Å². The number of aromatic nitrogens is 3. The van der Waals surface area contributed by atoms with E-state index in [4.69, 9.17) is 9.47 Å². The zero-order valence-corrected chi connectivity index (χ0v) is 15.7. The molecule has 2 N–H and O–H groups in total. The molecule has 2 fully saturated rings. The lowest BCUT2D eigenvalue weighted by atomic mass is 9.94. The number of fused-ring (bicyclic) bond motifs is 1. The topological polar surface area (TPSA) is 83.5 Å². The van der Waals surface area contributed by atoms with E-state index < -0.39 is 0 Å². The van der Waals surface area contributed by atoms with Crippen LogP contribution in [0.2, 0.25) is 0 Å². The van der Waals surface area contributed by atoms with Crippen molar-refractivity contribution in [3.05, 3.63) is 36.0 Å². The molecule has 0 atom stereocenters. The van der Waals surface area contributed by atoms with Crippen LogP contribution in [0, 0.1) is 0 Å². The molecule has 2 aliphatic rings. The maximum atomic E-state index is 10.2. The molecular weight excluding hydrogens is 356 g/mol. The number of ether oxygens (including phenoxy) is 2. The summed E-state index contributed by atoms with van der Waals surface area (Å²) in [6.07, 6.45) is 2.01. The van der Waals surface area contributed by atoms with Crippen molar-refractivity contribution in [1.29, 1.82) is 0 Å². The minimum absolute atomic E-state index is 0.212. The van der Waals surface area contributed by atoms with Gasteiger partial charge in [-0.15, -0.1) is 10.2 Å². The highest BCUT2D eigenvalue weighted by atomic mass is 16.5. The highest BCUT2D eigenvalue weighted by Gasteiger charge is 2.27. The number of hydrogen-bond acceptors (Lipinski definition) is 6. The summed E-state index contributed by atoms with van der Waals surface area (Å²) in [5.41, 5.74) is 4.60. The second kappa shape index (κ2) is 7.41. The van der Waals surface area contributed by atoms with Crippen LogP contribution >= 0.6 is 0 Å². The van der Waals surface area contributed by atoms with Crippen LogP contribution in [-0.4, -0.2) is 59.8 Å². The third-order valence-corrected chi connectivity index (χ3v) is 5.69. The molecule has 0 unspecified atom stereocenters. The van der Waals surface area contributed by atoms with E-state index in [2.05, 4.69) is 20.1 Å². The van der Waals surface area contributed by atoms with Gasteiger partial charge in [0, 0.05) is 48.9 Å². The molecule has 2 saturated heterocycles. The van der Waals surface area contributed by atoms with Gasteiger partial charge < -0.3 is 24.5 Å². The summed E-state index contributed by atoms with van der Waals surface area (Å²) in [6, 6.07) is 9.29. The van der Waals surface area contributed by atoms with Crippen molar-refractivity contribution < 1.29 is 14.6 Å². The predicted molar refractivity (Wildman–Crippen MR) is 107 cm³/mol. The van der Waals surface area contributed by atoms with E-state index in [1.165, 1.54) is 11.4 Å². The Balaban J connectivity index is 1.65. The number of aromatic amines is 1. The third kappa shape index (κ3) is 3.10. The van der Waals surface area contributed by atoms with Gasteiger partial charge in [0.25, 0.3) is 0 Å². The van der Waals surface area contributed by atoms with E-state index in [0.717, 1.165) is 63.4 Å². The number of anilines is 1. The summed E-state index contributed by atoms with van der Waals surface area (Å²) in [6.45, 7) is 4.75. The van der Waals surface area contributed by atoms with Gasteiger partial charge >= 0.3 is 0 Å². The molecule has 0 aliphatic carbocycles. The van der Waals surface area contributed by atoms with Crippen LogP contribution in [-0.2, 0) is 9.47 Å². The first kappa shape index (κ1) is 17.5. The van der Waals surface area contributed by atoms with E-state index in [0.29, 0.717) is 17.2 Å². The number of aromatic hydroxyl groups is 1. The maximum absolute atomic E-state index is 10.2. The minimum Gasteiger partial charge on any atom is -0.507 e. The quantitative estimate of drug-likeness (QED) is 0.727. The molecule has 0 amide bonds. The number of nitrogens with zero attached hydrogens (tertiary/aromatic N) is 3. The van der Waals surface area contributed by atoms with Crippen LogP contribution in [0.1, 0.15) is 24.5 Å². The Morgan fingerprint density at radius 1 is 1.00 bits per heavy atom. The zero-order chi connectivity index (χ0) is 18.9. The highest BCUT2D eigenvalue weighted by Crippen LogP contribution is 2.40. The molecule has 2 aromatic heterocycles. The van der Waals surface area contributed by atoms with E-state index in [1.54, 1.807) is 6.07 Å². The van der Waals surface area contributed by atoms with Gasteiger partial charge in [-0.2, -0.15) is 0 Å². The second-order valence-corrected chi connectivity index (χ2v) is 7.38. The van der Waals surface area contributed by atoms with Crippen molar-refractivity contribution in [2.24, 2.45) is 0 Å². The monoisotopic (exact) mass is 380 g/mol. The molecule has 4 heterocycles. The first-order chi connectivity index (χ1) is 13.8. The summed E-state index contributed by atoms with van der Waals surface area (Å²) < 4.78 is 11.1. The first-order valence-corrected chi connectivity index (χ1v) is 9.89. The van der Waals surface area contributed by atoms with Crippen molar-refractivity contribution in [3.63, 3.8) is 0 Å². The largest absolute Gasteiger partial charge is 0.507 e. The average molecular weight is 380 g/mol. The fourth-order valence-corrected chi connectivity index (χ4v) is 4.23. The van der Waals surface area contributed by atoms with E-state index in [-0.39, 0.29) is 5.75 Å². The van der Waals surface area contributed by atoms with E-state index in [9.17, 15) is 5.11 Å². The minimum atomic E-state index is 0.212. The van der Waals surface area contributed by atoms with Crippen LogP contribution in [0.4, 0.5) is 5.69 Å². The second-order valence-electron chi connectivity index (χ2n) is 7.38. The molecule has 0 radical (unpaired) electrons. The van der Waals surface area contributed by atoms with Crippen LogP contribution < -0.4 is 4.90 Å². The van der Waals surface area contributed by atoms with Gasteiger partial charge in [0.2, 0.25) is 0 Å². The number of para-hydroxylation sites is 1. The lowest BCUT2D eigenvalue weighted by molar-refractivity contribution is 0.0845. The fourth-order valence-electron chi connectivity index (χ4n) is 4.23. The SMILES string of the molecule is Oc1ccccc1-c1cc2c(N3CCOCC3)c(C3CCOCC3)[nH]c2nn1. The number of nitrogens with one attached hydrogen (secondary N) is 1. The summed E-state index contributed by atoms with van der Waals surface area (Å²) in [4.78, 5) is 5.94. The van der Waals surface area contributed by atoms with Gasteiger partial charge in [-0.25, -0.2) is 0 Å².